The SMILES string of the molecule is Cc1ccc(C(=O)N(CCC(=O)O)Cc2ccncc2)cc1. The summed E-state index contributed by atoms with van der Waals surface area (Å²) in [6.07, 6.45) is 3.23. The summed E-state index contributed by atoms with van der Waals surface area (Å²) >= 11 is 0. The molecular weight excluding hydrogens is 280 g/mol. The Labute approximate surface area is 129 Å². The number of aryl methyl sites for hydroxylation is 1. The zero-order valence-electron chi connectivity index (χ0n) is 12.4. The van der Waals surface area contributed by atoms with Crippen molar-refractivity contribution in [2.75, 3.05) is 6.54 Å². The first-order valence-electron chi connectivity index (χ1n) is 7.03. The lowest BCUT2D eigenvalue weighted by atomic mass is 10.1. The van der Waals surface area contributed by atoms with Gasteiger partial charge in [-0.3, -0.25) is 14.6 Å². The quantitative estimate of drug-likeness (QED) is 0.889. The van der Waals surface area contributed by atoms with Gasteiger partial charge >= 0.3 is 5.97 Å². The van der Waals surface area contributed by atoms with Crippen LogP contribution in [0.25, 0.3) is 0 Å². The largest absolute Gasteiger partial charge is 0.481 e. The van der Waals surface area contributed by atoms with E-state index in [-0.39, 0.29) is 18.9 Å². The summed E-state index contributed by atoms with van der Waals surface area (Å²) in [6, 6.07) is 10.9. The number of carboxylic acid groups (broad SMARTS) is 1. The molecule has 0 fully saturated rings. The molecule has 0 aliphatic heterocycles. The molecule has 0 saturated heterocycles. The highest BCUT2D eigenvalue weighted by atomic mass is 16.4. The third-order valence-electron chi connectivity index (χ3n) is 3.30. The molecule has 0 saturated carbocycles. The Morgan fingerprint density at radius 3 is 2.32 bits per heavy atom. The molecule has 0 bridgehead atoms. The zero-order chi connectivity index (χ0) is 15.9. The van der Waals surface area contributed by atoms with Gasteiger partial charge in [0.15, 0.2) is 0 Å². The number of hydrogen-bond donors (Lipinski definition) is 1. The fourth-order valence-electron chi connectivity index (χ4n) is 2.07. The number of aliphatic carboxylic acids is 1. The molecule has 1 heterocycles. The first-order chi connectivity index (χ1) is 10.6. The highest BCUT2D eigenvalue weighted by Gasteiger charge is 2.17. The van der Waals surface area contributed by atoms with Gasteiger partial charge in [0, 0.05) is 31.0 Å². The van der Waals surface area contributed by atoms with Crippen LogP contribution in [0.15, 0.2) is 48.8 Å². The molecule has 1 amide bonds. The fourth-order valence-corrected chi connectivity index (χ4v) is 2.07. The van der Waals surface area contributed by atoms with Crippen molar-refractivity contribution < 1.29 is 14.7 Å². The lowest BCUT2D eigenvalue weighted by molar-refractivity contribution is -0.137. The predicted octanol–water partition coefficient (Wildman–Crippen LogP) is 2.51. The molecule has 0 aliphatic rings. The van der Waals surface area contributed by atoms with Crippen LogP contribution in [0, 0.1) is 6.92 Å². The number of carboxylic acids is 1. The van der Waals surface area contributed by atoms with E-state index in [9.17, 15) is 9.59 Å². The van der Waals surface area contributed by atoms with Gasteiger partial charge in [-0.05, 0) is 36.8 Å². The van der Waals surface area contributed by atoms with Crippen molar-refractivity contribution in [3.05, 3.63) is 65.5 Å². The van der Waals surface area contributed by atoms with Crippen LogP contribution in [-0.2, 0) is 11.3 Å². The van der Waals surface area contributed by atoms with Gasteiger partial charge in [-0.25, -0.2) is 0 Å². The Hall–Kier alpha value is -2.69. The molecular formula is C17H18N2O3. The van der Waals surface area contributed by atoms with Crippen LogP contribution in [0.3, 0.4) is 0 Å². The van der Waals surface area contributed by atoms with Crippen LogP contribution in [0.4, 0.5) is 0 Å². The van der Waals surface area contributed by atoms with E-state index in [1.165, 1.54) is 0 Å². The molecule has 0 atom stereocenters. The molecule has 1 N–H and O–H groups in total. The minimum atomic E-state index is -0.920. The van der Waals surface area contributed by atoms with Gasteiger partial charge in [0.1, 0.15) is 0 Å². The van der Waals surface area contributed by atoms with Crippen molar-refractivity contribution >= 4 is 11.9 Å². The number of benzene rings is 1. The Morgan fingerprint density at radius 2 is 1.73 bits per heavy atom. The summed E-state index contributed by atoms with van der Waals surface area (Å²) in [5.41, 5.74) is 2.55. The smallest absolute Gasteiger partial charge is 0.305 e. The Morgan fingerprint density at radius 1 is 1.09 bits per heavy atom. The first-order valence-corrected chi connectivity index (χ1v) is 7.03. The molecule has 22 heavy (non-hydrogen) atoms. The minimum Gasteiger partial charge on any atom is -0.481 e. The average molecular weight is 298 g/mol. The molecule has 2 aromatic rings. The Balaban J connectivity index is 2.17. The number of rotatable bonds is 6. The van der Waals surface area contributed by atoms with Crippen LogP contribution >= 0.6 is 0 Å². The summed E-state index contributed by atoms with van der Waals surface area (Å²) in [7, 11) is 0. The highest BCUT2D eigenvalue weighted by Crippen LogP contribution is 2.11. The molecule has 5 heteroatoms. The van der Waals surface area contributed by atoms with E-state index >= 15 is 0 Å². The second-order valence-corrected chi connectivity index (χ2v) is 5.09. The van der Waals surface area contributed by atoms with Gasteiger partial charge < -0.3 is 10.0 Å². The lowest BCUT2D eigenvalue weighted by Crippen LogP contribution is -2.32. The second kappa shape index (κ2) is 7.36. The van der Waals surface area contributed by atoms with Crippen molar-refractivity contribution in [2.45, 2.75) is 19.9 Å². The number of carbonyl (C=O) groups is 2. The van der Waals surface area contributed by atoms with Crippen molar-refractivity contribution in [3.63, 3.8) is 0 Å². The van der Waals surface area contributed by atoms with Gasteiger partial charge in [-0.1, -0.05) is 17.7 Å². The van der Waals surface area contributed by atoms with E-state index in [1.807, 2.05) is 31.2 Å². The summed E-state index contributed by atoms with van der Waals surface area (Å²) in [4.78, 5) is 28.9. The number of hydrogen-bond acceptors (Lipinski definition) is 3. The number of amides is 1. The number of pyridine rings is 1. The summed E-state index contributed by atoms with van der Waals surface area (Å²) < 4.78 is 0. The fraction of sp³-hybridized carbons (Fsp3) is 0.235. The average Bonchev–Trinajstić information content (AvgIpc) is 2.52. The third-order valence-corrected chi connectivity index (χ3v) is 3.30. The Bertz CT molecular complexity index is 639. The van der Waals surface area contributed by atoms with Crippen LogP contribution in [0.5, 0.6) is 0 Å². The Kier molecular flexibility index (Phi) is 5.25. The predicted molar refractivity (Wildman–Crippen MR) is 82.4 cm³/mol. The van der Waals surface area contributed by atoms with Gasteiger partial charge in [0.25, 0.3) is 5.91 Å². The van der Waals surface area contributed by atoms with Crippen LogP contribution in [0.1, 0.15) is 27.9 Å². The molecule has 114 valence electrons. The van der Waals surface area contributed by atoms with E-state index in [1.54, 1.807) is 29.4 Å². The van der Waals surface area contributed by atoms with E-state index in [0.29, 0.717) is 12.1 Å². The number of aromatic nitrogens is 1. The number of nitrogens with zero attached hydrogens (tertiary/aromatic N) is 2. The maximum atomic E-state index is 12.6. The van der Waals surface area contributed by atoms with Crippen LogP contribution in [0.2, 0.25) is 0 Å². The normalized spacial score (nSPS) is 10.2. The second-order valence-electron chi connectivity index (χ2n) is 5.09. The topological polar surface area (TPSA) is 70.5 Å². The summed E-state index contributed by atoms with van der Waals surface area (Å²) in [5, 5.41) is 8.87. The van der Waals surface area contributed by atoms with E-state index in [4.69, 9.17) is 5.11 Å². The van der Waals surface area contributed by atoms with E-state index in [2.05, 4.69) is 4.98 Å². The third kappa shape index (κ3) is 4.41. The maximum Gasteiger partial charge on any atom is 0.305 e. The van der Waals surface area contributed by atoms with Crippen molar-refractivity contribution in [3.8, 4) is 0 Å². The molecule has 0 radical (unpaired) electrons. The molecule has 1 aromatic carbocycles. The van der Waals surface area contributed by atoms with Crippen molar-refractivity contribution in [1.82, 2.24) is 9.88 Å². The molecule has 0 unspecified atom stereocenters. The van der Waals surface area contributed by atoms with Crippen molar-refractivity contribution in [2.24, 2.45) is 0 Å². The molecule has 0 spiro atoms. The van der Waals surface area contributed by atoms with E-state index < -0.39 is 5.97 Å². The minimum absolute atomic E-state index is 0.0807. The van der Waals surface area contributed by atoms with Crippen LogP contribution < -0.4 is 0 Å². The molecule has 2 rings (SSSR count). The molecule has 5 nitrogen and oxygen atoms in total. The maximum absolute atomic E-state index is 12.6. The summed E-state index contributed by atoms with van der Waals surface area (Å²) in [5.74, 6) is -1.09. The lowest BCUT2D eigenvalue weighted by Gasteiger charge is -2.22. The number of carbonyl (C=O) groups excluding carboxylic acids is 1. The summed E-state index contributed by atoms with van der Waals surface area (Å²) in [6.45, 7) is 2.49. The zero-order valence-corrected chi connectivity index (χ0v) is 12.4. The van der Waals surface area contributed by atoms with Gasteiger partial charge in [0.05, 0.1) is 6.42 Å². The van der Waals surface area contributed by atoms with E-state index in [0.717, 1.165) is 11.1 Å². The monoisotopic (exact) mass is 298 g/mol. The van der Waals surface area contributed by atoms with Gasteiger partial charge in [-0.2, -0.15) is 0 Å². The van der Waals surface area contributed by atoms with Gasteiger partial charge in [0.2, 0.25) is 0 Å². The van der Waals surface area contributed by atoms with Gasteiger partial charge in [-0.15, -0.1) is 0 Å². The van der Waals surface area contributed by atoms with Crippen LogP contribution in [-0.4, -0.2) is 33.4 Å². The van der Waals surface area contributed by atoms with Crippen molar-refractivity contribution in [1.29, 1.82) is 0 Å². The highest BCUT2D eigenvalue weighted by molar-refractivity contribution is 5.94. The molecule has 1 aromatic heterocycles. The molecule has 0 aliphatic carbocycles. The standard InChI is InChI=1S/C17H18N2O3/c1-13-2-4-15(5-3-13)17(22)19(11-8-16(20)21)12-14-6-9-18-10-7-14/h2-7,9-10H,8,11-12H2,1H3,(H,20,21). The first kappa shape index (κ1) is 15.7.